The first-order valence-corrected chi connectivity index (χ1v) is 9.83. The molecule has 8 heteroatoms. The Hall–Kier alpha value is -2.77. The van der Waals surface area contributed by atoms with Crippen molar-refractivity contribution in [2.24, 2.45) is 0 Å². The highest BCUT2D eigenvalue weighted by molar-refractivity contribution is 8.00. The predicted molar refractivity (Wildman–Crippen MR) is 111 cm³/mol. The van der Waals surface area contributed by atoms with Crippen LogP contribution in [0.5, 0.6) is 5.75 Å². The van der Waals surface area contributed by atoms with Crippen molar-refractivity contribution < 1.29 is 13.9 Å². The average Bonchev–Trinajstić information content (AvgIpc) is 3.05. The van der Waals surface area contributed by atoms with Gasteiger partial charge in [0.15, 0.2) is 5.58 Å². The van der Waals surface area contributed by atoms with Gasteiger partial charge in [0.2, 0.25) is 5.91 Å². The maximum absolute atomic E-state index is 12.5. The number of fused-ring (bicyclic) bond motifs is 3. The summed E-state index contributed by atoms with van der Waals surface area (Å²) in [6.45, 7) is 1.82. The van der Waals surface area contributed by atoms with Crippen molar-refractivity contribution in [3.8, 4) is 5.75 Å². The van der Waals surface area contributed by atoms with Crippen LogP contribution in [0, 0.1) is 6.92 Å². The lowest BCUT2D eigenvalue weighted by Crippen LogP contribution is -2.15. The van der Waals surface area contributed by atoms with Gasteiger partial charge in [0.1, 0.15) is 27.7 Å². The smallest absolute Gasteiger partial charge is 0.234 e. The second-order valence-corrected chi connectivity index (χ2v) is 7.43. The van der Waals surface area contributed by atoms with E-state index in [1.54, 1.807) is 18.2 Å². The van der Waals surface area contributed by atoms with E-state index in [1.165, 1.54) is 18.9 Å². The number of aromatic nitrogens is 2. The van der Waals surface area contributed by atoms with Gasteiger partial charge in [0.25, 0.3) is 0 Å². The molecule has 0 atom stereocenters. The van der Waals surface area contributed by atoms with Crippen LogP contribution >= 0.6 is 23.4 Å². The molecule has 4 aromatic rings. The maximum atomic E-state index is 12.5. The first-order valence-electron chi connectivity index (χ1n) is 8.47. The lowest BCUT2D eigenvalue weighted by Gasteiger charge is -2.10. The van der Waals surface area contributed by atoms with Crippen LogP contribution in [0.2, 0.25) is 5.02 Å². The van der Waals surface area contributed by atoms with Crippen LogP contribution in [-0.4, -0.2) is 28.7 Å². The summed E-state index contributed by atoms with van der Waals surface area (Å²) in [6.07, 6.45) is 0. The number of benzene rings is 2. The first kappa shape index (κ1) is 18.6. The van der Waals surface area contributed by atoms with Gasteiger partial charge < -0.3 is 14.5 Å². The molecular weight excluding hydrogens is 398 g/mol. The number of furan rings is 1. The van der Waals surface area contributed by atoms with E-state index in [-0.39, 0.29) is 11.7 Å². The zero-order chi connectivity index (χ0) is 19.7. The number of carbonyl (C=O) groups is 1. The predicted octanol–water partition coefficient (Wildman–Crippen LogP) is 5.08. The quantitative estimate of drug-likeness (QED) is 0.363. The second kappa shape index (κ2) is 7.69. The molecule has 0 saturated carbocycles. The van der Waals surface area contributed by atoms with Crippen molar-refractivity contribution in [3.63, 3.8) is 0 Å². The highest BCUT2D eigenvalue weighted by atomic mass is 35.5. The molecule has 0 unspecified atom stereocenters. The number of methoxy groups -OCH3 is 1. The number of hydrogen-bond donors (Lipinski definition) is 1. The molecule has 0 aliphatic carbocycles. The van der Waals surface area contributed by atoms with Crippen molar-refractivity contribution in [2.75, 3.05) is 18.2 Å². The zero-order valence-electron chi connectivity index (χ0n) is 15.2. The van der Waals surface area contributed by atoms with Gasteiger partial charge in [-0.2, -0.15) is 0 Å². The van der Waals surface area contributed by atoms with Crippen LogP contribution in [0.1, 0.15) is 5.82 Å². The minimum absolute atomic E-state index is 0.151. The molecule has 4 rings (SSSR count). The van der Waals surface area contributed by atoms with Crippen LogP contribution in [-0.2, 0) is 4.79 Å². The molecule has 2 aromatic carbocycles. The molecule has 0 aliphatic heterocycles. The molecule has 2 aromatic heterocycles. The number of rotatable bonds is 5. The Kier molecular flexibility index (Phi) is 5.11. The van der Waals surface area contributed by atoms with Crippen LogP contribution in [0.3, 0.4) is 0 Å². The van der Waals surface area contributed by atoms with Crippen molar-refractivity contribution in [3.05, 3.63) is 53.3 Å². The molecule has 0 saturated heterocycles. The highest BCUT2D eigenvalue weighted by Crippen LogP contribution is 2.33. The molecule has 0 fully saturated rings. The minimum atomic E-state index is -0.203. The highest BCUT2D eigenvalue weighted by Gasteiger charge is 2.16. The molecule has 28 heavy (non-hydrogen) atoms. The SMILES string of the molecule is COc1ccc(Cl)cc1NC(=O)CSc1nc(C)nc2c1oc1ccccc12. The number of ether oxygens (including phenoxy) is 1. The van der Waals surface area contributed by atoms with Crippen LogP contribution < -0.4 is 10.1 Å². The number of nitrogens with one attached hydrogen (secondary N) is 1. The van der Waals surface area contributed by atoms with Gasteiger partial charge in [0, 0.05) is 10.4 Å². The van der Waals surface area contributed by atoms with Gasteiger partial charge >= 0.3 is 0 Å². The van der Waals surface area contributed by atoms with E-state index in [0.29, 0.717) is 32.9 Å². The number of thioether (sulfide) groups is 1. The summed E-state index contributed by atoms with van der Waals surface area (Å²) in [6, 6.07) is 12.7. The summed E-state index contributed by atoms with van der Waals surface area (Å²) >= 11 is 7.30. The summed E-state index contributed by atoms with van der Waals surface area (Å²) in [5.74, 6) is 1.11. The Morgan fingerprint density at radius 1 is 1.25 bits per heavy atom. The van der Waals surface area contributed by atoms with E-state index in [1.807, 2.05) is 31.2 Å². The van der Waals surface area contributed by atoms with Crippen LogP contribution in [0.25, 0.3) is 22.1 Å². The molecule has 2 heterocycles. The lowest BCUT2D eigenvalue weighted by atomic mass is 10.2. The van der Waals surface area contributed by atoms with Gasteiger partial charge in [-0.25, -0.2) is 9.97 Å². The number of hydrogen-bond acceptors (Lipinski definition) is 6. The first-order chi connectivity index (χ1) is 13.5. The van der Waals surface area contributed by atoms with Gasteiger partial charge in [-0.1, -0.05) is 35.5 Å². The van der Waals surface area contributed by atoms with Crippen molar-refractivity contribution in [1.82, 2.24) is 9.97 Å². The number of halogens is 1. The molecule has 142 valence electrons. The van der Waals surface area contributed by atoms with Crippen LogP contribution in [0.4, 0.5) is 5.69 Å². The molecule has 0 aliphatic rings. The monoisotopic (exact) mass is 413 g/mol. The number of anilines is 1. The third-order valence-electron chi connectivity index (χ3n) is 4.08. The molecule has 0 bridgehead atoms. The number of para-hydroxylation sites is 1. The zero-order valence-corrected chi connectivity index (χ0v) is 16.7. The number of amides is 1. The second-order valence-electron chi connectivity index (χ2n) is 6.03. The third-order valence-corrected chi connectivity index (χ3v) is 5.27. The largest absolute Gasteiger partial charge is 0.495 e. The Morgan fingerprint density at radius 3 is 2.89 bits per heavy atom. The standard InChI is InChI=1S/C20H16ClN3O3S/c1-11-22-18-13-5-3-4-6-15(13)27-19(18)20(23-11)28-10-17(25)24-14-9-12(21)7-8-16(14)26-2/h3-9H,10H2,1-2H3,(H,24,25). The summed E-state index contributed by atoms with van der Waals surface area (Å²) in [5, 5.41) is 4.89. The summed E-state index contributed by atoms with van der Waals surface area (Å²) in [4.78, 5) is 21.4. The molecular formula is C20H16ClN3O3S. The lowest BCUT2D eigenvalue weighted by molar-refractivity contribution is -0.113. The van der Waals surface area contributed by atoms with Crippen molar-refractivity contribution in [2.45, 2.75) is 11.9 Å². The minimum Gasteiger partial charge on any atom is -0.495 e. The van der Waals surface area contributed by atoms with E-state index in [0.717, 1.165) is 16.5 Å². The fraction of sp³-hybridized carbons (Fsp3) is 0.150. The average molecular weight is 414 g/mol. The van der Waals surface area contributed by atoms with Gasteiger partial charge in [-0.05, 0) is 37.3 Å². The van der Waals surface area contributed by atoms with Crippen molar-refractivity contribution in [1.29, 1.82) is 0 Å². The van der Waals surface area contributed by atoms with Gasteiger partial charge in [-0.3, -0.25) is 4.79 Å². The van der Waals surface area contributed by atoms with E-state index < -0.39 is 0 Å². The Balaban J connectivity index is 1.57. The normalized spacial score (nSPS) is 11.1. The van der Waals surface area contributed by atoms with Crippen LogP contribution in [0.15, 0.2) is 51.9 Å². The third kappa shape index (κ3) is 3.63. The number of nitrogens with zero attached hydrogens (tertiary/aromatic N) is 2. The van der Waals surface area contributed by atoms with E-state index >= 15 is 0 Å². The molecule has 0 spiro atoms. The van der Waals surface area contributed by atoms with Crippen molar-refractivity contribution >= 4 is 57.0 Å². The van der Waals surface area contributed by atoms with E-state index in [2.05, 4.69) is 15.3 Å². The molecule has 0 radical (unpaired) electrons. The summed E-state index contributed by atoms with van der Waals surface area (Å²) in [7, 11) is 1.54. The fourth-order valence-electron chi connectivity index (χ4n) is 2.87. The Bertz CT molecular complexity index is 1190. The number of aryl methyl sites for hydroxylation is 1. The topological polar surface area (TPSA) is 77.2 Å². The fourth-order valence-corrected chi connectivity index (χ4v) is 3.85. The molecule has 1 N–H and O–H groups in total. The van der Waals surface area contributed by atoms with Gasteiger partial charge in [-0.15, -0.1) is 0 Å². The molecule has 6 nitrogen and oxygen atoms in total. The maximum Gasteiger partial charge on any atom is 0.234 e. The summed E-state index contributed by atoms with van der Waals surface area (Å²) in [5.41, 5.74) is 2.60. The Morgan fingerprint density at radius 2 is 2.07 bits per heavy atom. The number of carbonyl (C=O) groups excluding carboxylic acids is 1. The summed E-state index contributed by atoms with van der Waals surface area (Å²) < 4.78 is 11.2. The van der Waals surface area contributed by atoms with E-state index in [9.17, 15) is 4.79 Å². The molecule has 1 amide bonds. The van der Waals surface area contributed by atoms with Gasteiger partial charge in [0.05, 0.1) is 18.6 Å². The van der Waals surface area contributed by atoms with E-state index in [4.69, 9.17) is 20.8 Å². The Labute approximate surface area is 170 Å².